The van der Waals surface area contributed by atoms with Crippen LogP contribution < -0.4 is 10.6 Å². The van der Waals surface area contributed by atoms with Crippen molar-refractivity contribution >= 4 is 29.3 Å². The number of para-hydroxylation sites is 1. The average Bonchev–Trinajstić information content (AvgIpc) is 3.56. The second-order valence-electron chi connectivity index (χ2n) is 7.27. The number of pyridine rings is 1. The maximum atomic E-state index is 12.3. The number of amides is 2. The Morgan fingerprint density at radius 2 is 1.97 bits per heavy atom. The third kappa shape index (κ3) is 5.29. The summed E-state index contributed by atoms with van der Waals surface area (Å²) < 4.78 is 2.09. The van der Waals surface area contributed by atoms with Gasteiger partial charge in [0.15, 0.2) is 11.0 Å². The number of benzene rings is 1. The van der Waals surface area contributed by atoms with E-state index in [0.717, 1.165) is 41.9 Å². The Hall–Kier alpha value is -3.20. The molecule has 3 aromatic rings. The highest BCUT2D eigenvalue weighted by atomic mass is 32.2. The van der Waals surface area contributed by atoms with E-state index in [0.29, 0.717) is 11.2 Å². The molecule has 2 N–H and O–H groups in total. The second-order valence-corrected chi connectivity index (χ2v) is 8.22. The number of nitrogens with one attached hydrogen (secondary N) is 2. The lowest BCUT2D eigenvalue weighted by molar-refractivity contribution is -0.122. The van der Waals surface area contributed by atoms with Crippen LogP contribution in [-0.2, 0) is 16.0 Å². The summed E-state index contributed by atoms with van der Waals surface area (Å²) in [5.41, 5.74) is 2.74. The van der Waals surface area contributed by atoms with Crippen LogP contribution in [0.4, 0.5) is 5.69 Å². The SMILES string of the molecule is CCc1ccccc1NC(=O)CNC(=O)CSc1nnc(-c2cccnc2)n1C1CC1. The van der Waals surface area contributed by atoms with Crippen molar-refractivity contribution in [2.75, 3.05) is 17.6 Å². The first kappa shape index (κ1) is 21.0. The third-order valence-corrected chi connectivity index (χ3v) is 5.89. The zero-order valence-electron chi connectivity index (χ0n) is 17.2. The highest BCUT2D eigenvalue weighted by molar-refractivity contribution is 7.99. The summed E-state index contributed by atoms with van der Waals surface area (Å²) in [4.78, 5) is 28.7. The molecule has 0 saturated heterocycles. The van der Waals surface area contributed by atoms with Crippen LogP contribution in [0.1, 0.15) is 31.4 Å². The summed E-state index contributed by atoms with van der Waals surface area (Å²) in [6, 6.07) is 11.8. The van der Waals surface area contributed by atoms with Gasteiger partial charge in [-0.05, 0) is 43.0 Å². The quantitative estimate of drug-likeness (QED) is 0.500. The lowest BCUT2D eigenvalue weighted by Gasteiger charge is -2.11. The minimum atomic E-state index is -0.251. The molecule has 8 nitrogen and oxygen atoms in total. The summed E-state index contributed by atoms with van der Waals surface area (Å²) in [6.45, 7) is 1.96. The molecule has 0 bridgehead atoms. The maximum Gasteiger partial charge on any atom is 0.243 e. The molecule has 1 fully saturated rings. The zero-order valence-corrected chi connectivity index (χ0v) is 18.1. The fraction of sp³-hybridized carbons (Fsp3) is 0.318. The molecule has 0 radical (unpaired) electrons. The molecule has 4 rings (SSSR count). The van der Waals surface area contributed by atoms with Gasteiger partial charge in [0, 0.05) is 29.7 Å². The summed E-state index contributed by atoms with van der Waals surface area (Å²) in [7, 11) is 0. The van der Waals surface area contributed by atoms with Crippen molar-refractivity contribution in [1.29, 1.82) is 0 Å². The minimum Gasteiger partial charge on any atom is -0.346 e. The van der Waals surface area contributed by atoms with Gasteiger partial charge in [-0.2, -0.15) is 0 Å². The Balaban J connectivity index is 1.31. The van der Waals surface area contributed by atoms with Crippen molar-refractivity contribution in [1.82, 2.24) is 25.1 Å². The fourth-order valence-corrected chi connectivity index (χ4v) is 4.07. The molecule has 31 heavy (non-hydrogen) atoms. The molecule has 9 heteroatoms. The first-order valence-corrected chi connectivity index (χ1v) is 11.3. The van der Waals surface area contributed by atoms with Crippen LogP contribution in [0.15, 0.2) is 53.9 Å². The number of hydrogen-bond donors (Lipinski definition) is 2. The first-order chi connectivity index (χ1) is 15.2. The fourth-order valence-electron chi connectivity index (χ4n) is 3.23. The van der Waals surface area contributed by atoms with Crippen molar-refractivity contribution < 1.29 is 9.59 Å². The summed E-state index contributed by atoms with van der Waals surface area (Å²) in [5.74, 6) is 0.459. The summed E-state index contributed by atoms with van der Waals surface area (Å²) in [5, 5.41) is 14.8. The number of hydrogen-bond acceptors (Lipinski definition) is 6. The van der Waals surface area contributed by atoms with E-state index < -0.39 is 0 Å². The Morgan fingerprint density at radius 3 is 2.71 bits per heavy atom. The van der Waals surface area contributed by atoms with Crippen molar-refractivity contribution in [3.63, 3.8) is 0 Å². The van der Waals surface area contributed by atoms with Crippen LogP contribution in [0.3, 0.4) is 0 Å². The molecule has 1 aliphatic carbocycles. The van der Waals surface area contributed by atoms with Gasteiger partial charge in [-0.3, -0.25) is 19.1 Å². The van der Waals surface area contributed by atoms with Gasteiger partial charge in [0.25, 0.3) is 0 Å². The van der Waals surface area contributed by atoms with Crippen molar-refractivity contribution in [3.05, 3.63) is 54.4 Å². The van der Waals surface area contributed by atoms with Crippen LogP contribution in [0.25, 0.3) is 11.4 Å². The maximum absolute atomic E-state index is 12.3. The zero-order chi connectivity index (χ0) is 21.6. The molecule has 0 aliphatic heterocycles. The van der Waals surface area contributed by atoms with Crippen LogP contribution in [0.5, 0.6) is 0 Å². The van der Waals surface area contributed by atoms with Crippen LogP contribution in [-0.4, -0.2) is 43.9 Å². The monoisotopic (exact) mass is 436 g/mol. The van der Waals surface area contributed by atoms with Crippen molar-refractivity contribution in [3.8, 4) is 11.4 Å². The number of aryl methyl sites for hydroxylation is 1. The molecule has 2 amide bonds. The van der Waals surface area contributed by atoms with Crippen LogP contribution in [0.2, 0.25) is 0 Å². The third-order valence-electron chi connectivity index (χ3n) is 4.95. The van der Waals surface area contributed by atoms with Gasteiger partial charge >= 0.3 is 0 Å². The lowest BCUT2D eigenvalue weighted by Crippen LogP contribution is -2.34. The lowest BCUT2D eigenvalue weighted by atomic mass is 10.1. The molecular weight excluding hydrogens is 412 g/mol. The predicted molar refractivity (Wildman–Crippen MR) is 120 cm³/mol. The van der Waals surface area contributed by atoms with E-state index in [1.165, 1.54) is 11.8 Å². The van der Waals surface area contributed by atoms with E-state index in [1.54, 1.807) is 12.4 Å². The first-order valence-electron chi connectivity index (χ1n) is 10.3. The second kappa shape index (κ2) is 9.74. The van der Waals surface area contributed by atoms with Gasteiger partial charge in [0.05, 0.1) is 12.3 Å². The molecule has 0 unspecified atom stereocenters. The number of thioether (sulfide) groups is 1. The molecule has 0 atom stereocenters. The smallest absolute Gasteiger partial charge is 0.243 e. The van der Waals surface area contributed by atoms with Gasteiger partial charge in [0.2, 0.25) is 11.8 Å². The minimum absolute atomic E-state index is 0.0757. The van der Waals surface area contributed by atoms with Gasteiger partial charge in [0.1, 0.15) is 0 Å². The topological polar surface area (TPSA) is 102 Å². The molecule has 1 aromatic carbocycles. The Labute approximate surface area is 184 Å². The molecule has 2 heterocycles. The van der Waals surface area contributed by atoms with E-state index in [1.807, 2.05) is 43.3 Å². The predicted octanol–water partition coefficient (Wildman–Crippen LogP) is 3.08. The largest absolute Gasteiger partial charge is 0.346 e. The van der Waals surface area contributed by atoms with E-state index in [-0.39, 0.29) is 24.1 Å². The number of anilines is 1. The normalized spacial score (nSPS) is 13.1. The van der Waals surface area contributed by atoms with Crippen molar-refractivity contribution in [2.45, 2.75) is 37.4 Å². The van der Waals surface area contributed by atoms with Gasteiger partial charge in [-0.15, -0.1) is 10.2 Å². The average molecular weight is 437 g/mol. The number of rotatable bonds is 9. The van der Waals surface area contributed by atoms with Crippen molar-refractivity contribution in [2.24, 2.45) is 0 Å². The summed E-state index contributed by atoms with van der Waals surface area (Å²) in [6.07, 6.45) is 6.45. The van der Waals surface area contributed by atoms with E-state index in [4.69, 9.17) is 0 Å². The van der Waals surface area contributed by atoms with E-state index in [2.05, 4.69) is 30.4 Å². The molecule has 1 aliphatic rings. The number of aromatic nitrogens is 4. The van der Waals surface area contributed by atoms with Crippen LogP contribution >= 0.6 is 11.8 Å². The van der Waals surface area contributed by atoms with Crippen LogP contribution in [0, 0.1) is 0 Å². The summed E-state index contributed by atoms with van der Waals surface area (Å²) >= 11 is 1.33. The Bertz CT molecular complexity index is 1060. The van der Waals surface area contributed by atoms with Gasteiger partial charge in [-0.1, -0.05) is 36.9 Å². The molecule has 160 valence electrons. The number of carbonyl (C=O) groups excluding carboxylic acids is 2. The molecule has 0 spiro atoms. The van der Waals surface area contributed by atoms with E-state index >= 15 is 0 Å². The molecule has 1 saturated carbocycles. The number of nitrogens with zero attached hydrogens (tertiary/aromatic N) is 4. The highest BCUT2D eigenvalue weighted by Gasteiger charge is 2.30. The Morgan fingerprint density at radius 1 is 1.13 bits per heavy atom. The molecule has 2 aromatic heterocycles. The van der Waals surface area contributed by atoms with Gasteiger partial charge in [-0.25, -0.2) is 0 Å². The standard InChI is InChI=1S/C22H24N6O2S/c1-2-15-6-3-4-8-18(15)25-19(29)13-24-20(30)14-31-22-27-26-21(28(22)17-9-10-17)16-7-5-11-23-12-16/h3-8,11-12,17H,2,9-10,13-14H2,1H3,(H,24,30)(H,25,29). The van der Waals surface area contributed by atoms with E-state index in [9.17, 15) is 9.59 Å². The Kier molecular flexibility index (Phi) is 6.61. The highest BCUT2D eigenvalue weighted by Crippen LogP contribution is 2.40. The molecular formula is C22H24N6O2S. The number of carbonyl (C=O) groups is 2. The van der Waals surface area contributed by atoms with Gasteiger partial charge < -0.3 is 10.6 Å².